The second-order valence-electron chi connectivity index (χ2n) is 8.59. The van der Waals surface area contributed by atoms with E-state index in [-0.39, 0.29) is 30.2 Å². The van der Waals surface area contributed by atoms with E-state index in [1.807, 2.05) is 4.90 Å². The van der Waals surface area contributed by atoms with Gasteiger partial charge in [0.1, 0.15) is 0 Å². The molecule has 3 heterocycles. The first kappa shape index (κ1) is 21.8. The van der Waals surface area contributed by atoms with Crippen LogP contribution in [0.5, 0.6) is 0 Å². The number of imide groups is 1. The van der Waals surface area contributed by atoms with Crippen molar-refractivity contribution in [1.82, 2.24) is 4.90 Å². The quantitative estimate of drug-likeness (QED) is 0.382. The number of benzene rings is 2. The van der Waals surface area contributed by atoms with Gasteiger partial charge in [0.15, 0.2) is 5.78 Å². The number of carbonyl (C=O) groups excluding carboxylic acids is 4. The number of rotatable bonds is 5. The highest BCUT2D eigenvalue weighted by molar-refractivity contribution is 6.30. The van der Waals surface area contributed by atoms with Crippen LogP contribution in [0.25, 0.3) is 0 Å². The third kappa shape index (κ3) is 3.47. The molecule has 0 radical (unpaired) electrons. The lowest BCUT2D eigenvalue weighted by molar-refractivity contribution is -0.123. The summed E-state index contributed by atoms with van der Waals surface area (Å²) in [5.74, 6) is -2.54. The minimum Gasteiger partial charge on any atom is -0.462 e. The standard InChI is InChI=1S/C25H23ClN2O5/c1-2-33-25(32)15-7-11-17(12-8-15)28-23(30)19-18-4-3-13-27(18)21(20(19)24(28)31)22(29)14-5-9-16(26)10-6-14/h5-12,18-21H,2-4,13H2,1H3/t18-,19-,20+,21-/m0/s1. The fraction of sp³-hybridized carbons (Fsp3) is 0.360. The van der Waals surface area contributed by atoms with Crippen LogP contribution in [-0.2, 0) is 14.3 Å². The molecule has 4 atom stereocenters. The maximum Gasteiger partial charge on any atom is 0.338 e. The van der Waals surface area contributed by atoms with Gasteiger partial charge in [0.2, 0.25) is 11.8 Å². The average molecular weight is 467 g/mol. The van der Waals surface area contributed by atoms with E-state index in [1.165, 1.54) is 4.90 Å². The Morgan fingerprint density at radius 1 is 0.970 bits per heavy atom. The summed E-state index contributed by atoms with van der Waals surface area (Å²) in [5.41, 5.74) is 1.22. The van der Waals surface area contributed by atoms with Crippen LogP contribution in [0.2, 0.25) is 5.02 Å². The molecule has 33 heavy (non-hydrogen) atoms. The van der Waals surface area contributed by atoms with Gasteiger partial charge in [-0.15, -0.1) is 0 Å². The number of esters is 1. The van der Waals surface area contributed by atoms with Gasteiger partial charge in [-0.1, -0.05) is 11.6 Å². The number of fused-ring (bicyclic) bond motifs is 3. The zero-order valence-electron chi connectivity index (χ0n) is 18.1. The van der Waals surface area contributed by atoms with Gasteiger partial charge in [-0.25, -0.2) is 9.69 Å². The van der Waals surface area contributed by atoms with Gasteiger partial charge < -0.3 is 4.74 Å². The smallest absolute Gasteiger partial charge is 0.338 e. The van der Waals surface area contributed by atoms with E-state index in [0.29, 0.717) is 28.4 Å². The molecular formula is C25H23ClN2O5. The molecule has 3 fully saturated rings. The van der Waals surface area contributed by atoms with Crippen LogP contribution in [0.3, 0.4) is 0 Å². The second kappa shape index (κ2) is 8.39. The Morgan fingerprint density at radius 2 is 1.61 bits per heavy atom. The van der Waals surface area contributed by atoms with Crippen molar-refractivity contribution < 1.29 is 23.9 Å². The summed E-state index contributed by atoms with van der Waals surface area (Å²) >= 11 is 5.98. The number of halogens is 1. The highest BCUT2D eigenvalue weighted by Gasteiger charge is 2.64. The van der Waals surface area contributed by atoms with Crippen molar-refractivity contribution in [2.75, 3.05) is 18.1 Å². The highest BCUT2D eigenvalue weighted by Crippen LogP contribution is 2.48. The molecule has 3 saturated heterocycles. The number of nitrogens with zero attached hydrogens (tertiary/aromatic N) is 2. The lowest BCUT2D eigenvalue weighted by atomic mass is 9.85. The van der Waals surface area contributed by atoms with Crippen molar-refractivity contribution in [2.45, 2.75) is 31.8 Å². The van der Waals surface area contributed by atoms with Crippen LogP contribution in [-0.4, -0.2) is 53.7 Å². The molecule has 2 aromatic rings. The van der Waals surface area contributed by atoms with Crippen molar-refractivity contribution in [3.05, 3.63) is 64.7 Å². The molecule has 0 spiro atoms. The molecule has 5 rings (SSSR count). The fourth-order valence-electron chi connectivity index (χ4n) is 5.52. The van der Waals surface area contributed by atoms with Crippen LogP contribution in [0.15, 0.2) is 48.5 Å². The molecular weight excluding hydrogens is 444 g/mol. The van der Waals surface area contributed by atoms with Crippen molar-refractivity contribution in [1.29, 1.82) is 0 Å². The van der Waals surface area contributed by atoms with E-state index in [0.717, 1.165) is 12.8 Å². The normalized spacial score (nSPS) is 26.4. The van der Waals surface area contributed by atoms with Crippen LogP contribution >= 0.6 is 11.6 Å². The number of amides is 2. The zero-order valence-corrected chi connectivity index (χ0v) is 18.8. The predicted molar refractivity (Wildman–Crippen MR) is 121 cm³/mol. The average Bonchev–Trinajstić information content (AvgIpc) is 3.46. The summed E-state index contributed by atoms with van der Waals surface area (Å²) in [4.78, 5) is 55.7. The molecule has 0 aliphatic carbocycles. The van der Waals surface area contributed by atoms with Crippen molar-refractivity contribution in [3.63, 3.8) is 0 Å². The molecule has 0 bridgehead atoms. The predicted octanol–water partition coefficient (Wildman–Crippen LogP) is 3.35. The summed E-state index contributed by atoms with van der Waals surface area (Å²) in [6.07, 6.45) is 1.66. The number of Topliss-reactive ketones (excluding diaryl/α,β-unsaturated/α-hetero) is 1. The van der Waals surface area contributed by atoms with E-state index < -0.39 is 23.8 Å². The molecule has 3 aliphatic heterocycles. The minimum absolute atomic E-state index is 0.128. The van der Waals surface area contributed by atoms with Gasteiger partial charge in [0.05, 0.1) is 35.7 Å². The number of carbonyl (C=O) groups is 4. The number of ketones is 1. The minimum atomic E-state index is -0.726. The lowest BCUT2D eigenvalue weighted by Crippen LogP contribution is -2.46. The van der Waals surface area contributed by atoms with E-state index in [1.54, 1.807) is 55.5 Å². The number of anilines is 1. The van der Waals surface area contributed by atoms with E-state index in [9.17, 15) is 19.2 Å². The Balaban J connectivity index is 1.47. The Morgan fingerprint density at radius 3 is 2.27 bits per heavy atom. The van der Waals surface area contributed by atoms with E-state index in [2.05, 4.69) is 0 Å². The summed E-state index contributed by atoms with van der Waals surface area (Å²) < 4.78 is 5.00. The molecule has 0 N–H and O–H groups in total. The van der Waals surface area contributed by atoms with Gasteiger partial charge in [0, 0.05) is 16.6 Å². The summed E-state index contributed by atoms with van der Waals surface area (Å²) in [5, 5.41) is 0.527. The van der Waals surface area contributed by atoms with E-state index in [4.69, 9.17) is 16.3 Å². The largest absolute Gasteiger partial charge is 0.462 e. The summed E-state index contributed by atoms with van der Waals surface area (Å²) in [6, 6.07) is 12.1. The molecule has 2 aromatic carbocycles. The fourth-order valence-corrected chi connectivity index (χ4v) is 5.64. The number of hydrogen-bond donors (Lipinski definition) is 0. The monoisotopic (exact) mass is 466 g/mol. The Hall–Kier alpha value is -3.03. The second-order valence-corrected chi connectivity index (χ2v) is 9.03. The van der Waals surface area contributed by atoms with Crippen molar-refractivity contribution >= 4 is 40.9 Å². The molecule has 3 aliphatic rings. The van der Waals surface area contributed by atoms with Gasteiger partial charge in [-0.3, -0.25) is 19.3 Å². The first-order valence-electron chi connectivity index (χ1n) is 11.1. The Labute approximate surface area is 196 Å². The number of hydrogen-bond acceptors (Lipinski definition) is 6. The van der Waals surface area contributed by atoms with Crippen LogP contribution in [0.4, 0.5) is 5.69 Å². The van der Waals surface area contributed by atoms with Gasteiger partial charge in [-0.2, -0.15) is 0 Å². The third-order valence-electron chi connectivity index (χ3n) is 6.89. The molecule has 7 nitrogen and oxygen atoms in total. The molecule has 0 unspecified atom stereocenters. The SMILES string of the molecule is CCOC(=O)c1ccc(N2C(=O)[C@@H]3[C@@H](C2=O)[C@@H]2CCCN2[C@@H]3C(=O)c2ccc(Cl)cc2)cc1. The molecule has 0 aromatic heterocycles. The Kier molecular flexibility index (Phi) is 5.54. The molecule has 170 valence electrons. The zero-order chi connectivity index (χ0) is 23.3. The van der Waals surface area contributed by atoms with Gasteiger partial charge in [0.25, 0.3) is 0 Å². The summed E-state index contributed by atoms with van der Waals surface area (Å²) in [7, 11) is 0. The highest BCUT2D eigenvalue weighted by atomic mass is 35.5. The van der Waals surface area contributed by atoms with E-state index >= 15 is 0 Å². The van der Waals surface area contributed by atoms with Crippen molar-refractivity contribution in [2.24, 2.45) is 11.8 Å². The molecule has 8 heteroatoms. The molecule has 0 saturated carbocycles. The third-order valence-corrected chi connectivity index (χ3v) is 7.14. The van der Waals surface area contributed by atoms with Crippen LogP contribution < -0.4 is 4.90 Å². The maximum absolute atomic E-state index is 13.6. The topological polar surface area (TPSA) is 84.0 Å². The first-order chi connectivity index (χ1) is 15.9. The van der Waals surface area contributed by atoms with Gasteiger partial charge >= 0.3 is 5.97 Å². The maximum atomic E-state index is 13.6. The summed E-state index contributed by atoms with van der Waals surface area (Å²) in [6.45, 7) is 2.67. The first-order valence-corrected chi connectivity index (χ1v) is 11.5. The van der Waals surface area contributed by atoms with Crippen LogP contribution in [0.1, 0.15) is 40.5 Å². The number of ether oxygens (including phenoxy) is 1. The van der Waals surface area contributed by atoms with Crippen molar-refractivity contribution in [3.8, 4) is 0 Å². The Bertz CT molecular complexity index is 1130. The lowest BCUT2D eigenvalue weighted by Gasteiger charge is -2.27. The molecule has 2 amide bonds. The van der Waals surface area contributed by atoms with Gasteiger partial charge in [-0.05, 0) is 74.8 Å². The van der Waals surface area contributed by atoms with Crippen LogP contribution in [0, 0.1) is 11.8 Å².